The predicted molar refractivity (Wildman–Crippen MR) is 93.7 cm³/mol. The first-order valence-electron chi connectivity index (χ1n) is 9.14. The maximum Gasteiger partial charge on any atom is 0.407 e. The Labute approximate surface area is 141 Å². The molecule has 5 heteroatoms. The Balaban J connectivity index is 1.69. The van der Waals surface area contributed by atoms with Crippen molar-refractivity contribution >= 4 is 6.09 Å². The van der Waals surface area contributed by atoms with Gasteiger partial charge in [-0.2, -0.15) is 0 Å². The number of hydrogen-bond donors (Lipinski definition) is 1. The second-order valence-corrected chi connectivity index (χ2v) is 8.38. The summed E-state index contributed by atoms with van der Waals surface area (Å²) >= 11 is 0. The fourth-order valence-corrected chi connectivity index (χ4v) is 3.83. The molecule has 0 aromatic heterocycles. The number of alkyl carbamates (subject to hydrolysis) is 1. The molecule has 1 N–H and O–H groups in total. The predicted octanol–water partition coefficient (Wildman–Crippen LogP) is 2.85. The average molecular weight is 325 g/mol. The molecular weight excluding hydrogens is 290 g/mol. The molecule has 2 aliphatic rings. The smallest absolute Gasteiger partial charge is 0.407 e. The van der Waals surface area contributed by atoms with Gasteiger partial charge in [0.25, 0.3) is 0 Å². The SMILES string of the molecule is CN(C)C1CCN(C2CCC(NC(=O)OC(C)(C)C)CC2)CC1. The number of piperidine rings is 1. The van der Waals surface area contributed by atoms with Gasteiger partial charge in [0.2, 0.25) is 0 Å². The van der Waals surface area contributed by atoms with Gasteiger partial charge < -0.3 is 19.9 Å². The topological polar surface area (TPSA) is 44.8 Å². The third-order valence-corrected chi connectivity index (χ3v) is 5.16. The molecule has 0 aromatic carbocycles. The fraction of sp³-hybridized carbons (Fsp3) is 0.944. The van der Waals surface area contributed by atoms with Crippen LogP contribution in [0.3, 0.4) is 0 Å². The van der Waals surface area contributed by atoms with Crippen molar-refractivity contribution in [3.63, 3.8) is 0 Å². The van der Waals surface area contributed by atoms with Crippen LogP contribution in [0.2, 0.25) is 0 Å². The van der Waals surface area contributed by atoms with Crippen LogP contribution < -0.4 is 5.32 Å². The van der Waals surface area contributed by atoms with E-state index in [1.807, 2.05) is 20.8 Å². The number of nitrogens with one attached hydrogen (secondary N) is 1. The van der Waals surface area contributed by atoms with Gasteiger partial charge in [-0.05, 0) is 86.5 Å². The van der Waals surface area contributed by atoms with Gasteiger partial charge in [-0.25, -0.2) is 4.79 Å². The Morgan fingerprint density at radius 3 is 2.09 bits per heavy atom. The highest BCUT2D eigenvalue weighted by Crippen LogP contribution is 2.26. The Morgan fingerprint density at radius 1 is 1.04 bits per heavy atom. The van der Waals surface area contributed by atoms with Crippen LogP contribution in [0.15, 0.2) is 0 Å². The Hall–Kier alpha value is -0.810. The maximum absolute atomic E-state index is 11.9. The lowest BCUT2D eigenvalue weighted by molar-refractivity contribution is 0.0459. The van der Waals surface area contributed by atoms with E-state index in [2.05, 4.69) is 29.2 Å². The molecule has 0 spiro atoms. The van der Waals surface area contributed by atoms with E-state index in [0.717, 1.165) is 18.9 Å². The quantitative estimate of drug-likeness (QED) is 0.866. The highest BCUT2D eigenvalue weighted by molar-refractivity contribution is 5.68. The lowest BCUT2D eigenvalue weighted by atomic mass is 9.88. The first-order chi connectivity index (χ1) is 10.7. The molecule has 1 saturated carbocycles. The molecule has 2 rings (SSSR count). The number of likely N-dealkylation sites (tertiary alicyclic amines) is 1. The lowest BCUT2D eigenvalue weighted by Crippen LogP contribution is -2.49. The third kappa shape index (κ3) is 5.96. The Morgan fingerprint density at radius 2 is 1.61 bits per heavy atom. The maximum atomic E-state index is 11.9. The summed E-state index contributed by atoms with van der Waals surface area (Å²) in [7, 11) is 4.38. The van der Waals surface area contributed by atoms with Crippen molar-refractivity contribution in [2.24, 2.45) is 0 Å². The zero-order valence-corrected chi connectivity index (χ0v) is 15.6. The summed E-state index contributed by atoms with van der Waals surface area (Å²) in [6, 6.07) is 1.73. The number of ether oxygens (including phenoxy) is 1. The van der Waals surface area contributed by atoms with Crippen molar-refractivity contribution in [1.82, 2.24) is 15.1 Å². The first-order valence-corrected chi connectivity index (χ1v) is 9.14. The number of carbonyl (C=O) groups excluding carboxylic acids is 1. The van der Waals surface area contributed by atoms with Gasteiger partial charge in [-0.3, -0.25) is 0 Å². The Bertz CT molecular complexity index is 376. The molecule has 0 unspecified atom stereocenters. The summed E-state index contributed by atoms with van der Waals surface area (Å²) in [5.74, 6) is 0. The fourth-order valence-electron chi connectivity index (χ4n) is 3.83. The van der Waals surface area contributed by atoms with E-state index in [1.165, 1.54) is 38.8 Å². The van der Waals surface area contributed by atoms with E-state index < -0.39 is 5.60 Å². The summed E-state index contributed by atoms with van der Waals surface area (Å²) in [5.41, 5.74) is -0.419. The molecule has 2 fully saturated rings. The monoisotopic (exact) mass is 325 g/mol. The number of rotatable bonds is 3. The van der Waals surface area contributed by atoms with Gasteiger partial charge in [0.15, 0.2) is 0 Å². The van der Waals surface area contributed by atoms with E-state index in [4.69, 9.17) is 4.74 Å². The van der Waals surface area contributed by atoms with Crippen LogP contribution in [0.1, 0.15) is 59.3 Å². The third-order valence-electron chi connectivity index (χ3n) is 5.16. The zero-order valence-electron chi connectivity index (χ0n) is 15.6. The van der Waals surface area contributed by atoms with Crippen molar-refractivity contribution in [3.05, 3.63) is 0 Å². The normalized spacial score (nSPS) is 27.9. The van der Waals surface area contributed by atoms with E-state index in [0.29, 0.717) is 6.04 Å². The van der Waals surface area contributed by atoms with Crippen molar-refractivity contribution in [2.75, 3.05) is 27.2 Å². The largest absolute Gasteiger partial charge is 0.444 e. The van der Waals surface area contributed by atoms with Crippen molar-refractivity contribution in [1.29, 1.82) is 0 Å². The van der Waals surface area contributed by atoms with Gasteiger partial charge in [-0.15, -0.1) is 0 Å². The van der Waals surface area contributed by atoms with Gasteiger partial charge in [0, 0.05) is 18.1 Å². The summed E-state index contributed by atoms with van der Waals surface area (Å²) in [6.45, 7) is 8.15. The van der Waals surface area contributed by atoms with Crippen LogP contribution in [0, 0.1) is 0 Å². The second-order valence-electron chi connectivity index (χ2n) is 8.38. The van der Waals surface area contributed by atoms with Crippen LogP contribution in [0.25, 0.3) is 0 Å². The van der Waals surface area contributed by atoms with Crippen LogP contribution >= 0.6 is 0 Å². The number of carbonyl (C=O) groups is 1. The van der Waals surface area contributed by atoms with E-state index in [1.54, 1.807) is 0 Å². The van der Waals surface area contributed by atoms with E-state index in [9.17, 15) is 4.79 Å². The van der Waals surface area contributed by atoms with Crippen LogP contribution in [-0.2, 0) is 4.74 Å². The summed E-state index contributed by atoms with van der Waals surface area (Å²) < 4.78 is 5.35. The summed E-state index contributed by atoms with van der Waals surface area (Å²) in [4.78, 5) is 16.9. The second kappa shape index (κ2) is 7.84. The standard InChI is InChI=1S/C18H35N3O2/c1-18(2,3)23-17(22)19-14-6-8-16(9-7-14)21-12-10-15(11-13-21)20(4)5/h14-16H,6-13H2,1-5H3,(H,19,22). The van der Waals surface area contributed by atoms with Crippen LogP contribution in [0.4, 0.5) is 4.79 Å². The number of nitrogens with zero attached hydrogens (tertiary/aromatic N) is 2. The minimum absolute atomic E-state index is 0.271. The molecule has 0 atom stereocenters. The molecule has 0 aromatic rings. The minimum Gasteiger partial charge on any atom is -0.444 e. The average Bonchev–Trinajstić information content (AvgIpc) is 2.46. The summed E-state index contributed by atoms with van der Waals surface area (Å²) in [5, 5.41) is 3.03. The molecule has 1 saturated heterocycles. The van der Waals surface area contributed by atoms with Gasteiger partial charge in [0.05, 0.1) is 0 Å². The van der Waals surface area contributed by atoms with Gasteiger partial charge in [0.1, 0.15) is 5.60 Å². The molecule has 5 nitrogen and oxygen atoms in total. The minimum atomic E-state index is -0.419. The molecule has 1 heterocycles. The first kappa shape index (κ1) is 18.5. The summed E-state index contributed by atoms with van der Waals surface area (Å²) in [6.07, 6.45) is 6.80. The van der Waals surface area contributed by atoms with Crippen molar-refractivity contribution in [2.45, 2.75) is 83.0 Å². The zero-order chi connectivity index (χ0) is 17.0. The molecule has 1 amide bonds. The molecular formula is C18H35N3O2. The number of hydrogen-bond acceptors (Lipinski definition) is 4. The highest BCUT2D eigenvalue weighted by atomic mass is 16.6. The molecule has 134 valence electrons. The molecule has 1 aliphatic carbocycles. The van der Waals surface area contributed by atoms with Crippen LogP contribution in [0.5, 0.6) is 0 Å². The highest BCUT2D eigenvalue weighted by Gasteiger charge is 2.30. The lowest BCUT2D eigenvalue weighted by Gasteiger charge is -2.42. The molecule has 1 aliphatic heterocycles. The van der Waals surface area contributed by atoms with Crippen molar-refractivity contribution < 1.29 is 9.53 Å². The van der Waals surface area contributed by atoms with E-state index in [-0.39, 0.29) is 12.1 Å². The van der Waals surface area contributed by atoms with Gasteiger partial charge in [-0.1, -0.05) is 0 Å². The van der Waals surface area contributed by atoms with Gasteiger partial charge >= 0.3 is 6.09 Å². The van der Waals surface area contributed by atoms with E-state index >= 15 is 0 Å². The molecule has 0 radical (unpaired) electrons. The molecule has 0 bridgehead atoms. The number of amides is 1. The van der Waals surface area contributed by atoms with Crippen LogP contribution in [-0.4, -0.2) is 66.8 Å². The molecule has 23 heavy (non-hydrogen) atoms. The Kier molecular flexibility index (Phi) is 6.32. The van der Waals surface area contributed by atoms with Crippen molar-refractivity contribution in [3.8, 4) is 0 Å².